The number of aryl methyl sites for hydroxylation is 1. The molecule has 0 aliphatic carbocycles. The molecule has 0 amide bonds. The maximum Gasteiger partial charge on any atom is 0.123 e. The van der Waals surface area contributed by atoms with Gasteiger partial charge in [0.1, 0.15) is 5.82 Å². The molecule has 0 aliphatic rings. The molecule has 1 nitrogen and oxygen atoms in total. The third kappa shape index (κ3) is 3.17. The zero-order valence-electron chi connectivity index (χ0n) is 10.4. The predicted molar refractivity (Wildman–Crippen MR) is 70.7 cm³/mol. The Morgan fingerprint density at radius 3 is 2.22 bits per heavy atom. The maximum atomic E-state index is 12.8. The van der Waals surface area contributed by atoms with Crippen molar-refractivity contribution in [1.82, 2.24) is 0 Å². The fourth-order valence-corrected chi connectivity index (χ4v) is 1.99. The van der Waals surface area contributed by atoms with Crippen LogP contribution >= 0.6 is 0 Å². The first-order valence-electron chi connectivity index (χ1n) is 6.10. The van der Waals surface area contributed by atoms with Gasteiger partial charge in [-0.15, -0.1) is 0 Å². The normalized spacial score (nSPS) is 14.2. The molecule has 0 saturated carbocycles. The van der Waals surface area contributed by atoms with E-state index in [2.05, 4.69) is 0 Å². The molecule has 0 saturated heterocycles. The van der Waals surface area contributed by atoms with Crippen molar-refractivity contribution >= 4 is 0 Å². The average molecular weight is 244 g/mol. The van der Waals surface area contributed by atoms with E-state index in [4.69, 9.17) is 0 Å². The Labute approximate surface area is 107 Å². The Hall–Kier alpha value is -1.67. The molecule has 1 unspecified atom stereocenters. The Morgan fingerprint density at radius 1 is 1.00 bits per heavy atom. The monoisotopic (exact) mass is 244 g/mol. The van der Waals surface area contributed by atoms with Crippen LogP contribution in [0.1, 0.15) is 24.5 Å². The van der Waals surface area contributed by atoms with Crippen LogP contribution in [0.2, 0.25) is 0 Å². The highest BCUT2D eigenvalue weighted by molar-refractivity contribution is 5.23. The molecule has 2 rings (SSSR count). The number of hydrogen-bond donors (Lipinski definition) is 1. The second kappa shape index (κ2) is 5.32. The van der Waals surface area contributed by atoms with Gasteiger partial charge in [-0.1, -0.05) is 42.5 Å². The Balaban J connectivity index is 2.05. The van der Waals surface area contributed by atoms with Gasteiger partial charge in [0.15, 0.2) is 0 Å². The van der Waals surface area contributed by atoms with Crippen LogP contribution in [0.3, 0.4) is 0 Å². The van der Waals surface area contributed by atoms with Gasteiger partial charge >= 0.3 is 0 Å². The van der Waals surface area contributed by atoms with E-state index in [9.17, 15) is 9.50 Å². The van der Waals surface area contributed by atoms with Crippen LogP contribution in [0, 0.1) is 5.82 Å². The zero-order chi connectivity index (χ0) is 13.0. The summed E-state index contributed by atoms with van der Waals surface area (Å²) in [5.74, 6) is -0.280. The van der Waals surface area contributed by atoms with Gasteiger partial charge in [-0.2, -0.15) is 0 Å². The lowest BCUT2D eigenvalue weighted by Gasteiger charge is -2.24. The molecule has 0 spiro atoms. The van der Waals surface area contributed by atoms with Gasteiger partial charge in [-0.25, -0.2) is 4.39 Å². The standard InChI is InChI=1S/C16H17FO/c1-16(18,14-7-9-15(17)10-8-14)12-11-13-5-3-2-4-6-13/h2-10,18H,11-12H2,1H3. The van der Waals surface area contributed by atoms with Gasteiger partial charge in [0, 0.05) is 0 Å². The first kappa shape index (κ1) is 12.8. The molecule has 1 N–H and O–H groups in total. The van der Waals surface area contributed by atoms with Crippen molar-refractivity contribution in [3.63, 3.8) is 0 Å². The van der Waals surface area contributed by atoms with Crippen molar-refractivity contribution in [1.29, 1.82) is 0 Å². The lowest BCUT2D eigenvalue weighted by atomic mass is 9.89. The highest BCUT2D eigenvalue weighted by Gasteiger charge is 2.22. The summed E-state index contributed by atoms with van der Waals surface area (Å²) in [6, 6.07) is 16.1. The van der Waals surface area contributed by atoms with Gasteiger partial charge in [0.25, 0.3) is 0 Å². The third-order valence-corrected chi connectivity index (χ3v) is 3.21. The molecule has 0 aromatic heterocycles. The first-order valence-corrected chi connectivity index (χ1v) is 6.10. The topological polar surface area (TPSA) is 20.2 Å². The Kier molecular flexibility index (Phi) is 3.78. The smallest absolute Gasteiger partial charge is 0.123 e. The van der Waals surface area contributed by atoms with Crippen LogP contribution in [0.25, 0.3) is 0 Å². The molecule has 0 fully saturated rings. The number of benzene rings is 2. The molecule has 0 heterocycles. The number of rotatable bonds is 4. The van der Waals surface area contributed by atoms with Gasteiger partial charge in [0.2, 0.25) is 0 Å². The van der Waals surface area contributed by atoms with Crippen LogP contribution in [0.5, 0.6) is 0 Å². The molecule has 18 heavy (non-hydrogen) atoms. The molecule has 0 radical (unpaired) electrons. The summed E-state index contributed by atoms with van der Waals surface area (Å²) < 4.78 is 12.8. The summed E-state index contributed by atoms with van der Waals surface area (Å²) in [5.41, 5.74) is 1.02. The average Bonchev–Trinajstić information content (AvgIpc) is 2.38. The lowest BCUT2D eigenvalue weighted by Crippen LogP contribution is -2.21. The van der Waals surface area contributed by atoms with Crippen LogP contribution in [-0.4, -0.2) is 5.11 Å². The van der Waals surface area contributed by atoms with Gasteiger partial charge in [-0.05, 0) is 43.0 Å². The zero-order valence-corrected chi connectivity index (χ0v) is 10.4. The van der Waals surface area contributed by atoms with E-state index in [0.717, 1.165) is 12.0 Å². The summed E-state index contributed by atoms with van der Waals surface area (Å²) in [7, 11) is 0. The maximum absolute atomic E-state index is 12.8. The van der Waals surface area contributed by atoms with E-state index in [1.54, 1.807) is 19.1 Å². The summed E-state index contributed by atoms with van der Waals surface area (Å²) in [6.07, 6.45) is 1.41. The number of aliphatic hydroxyl groups is 1. The van der Waals surface area contributed by atoms with E-state index in [-0.39, 0.29) is 5.82 Å². The van der Waals surface area contributed by atoms with Crippen molar-refractivity contribution in [3.05, 3.63) is 71.5 Å². The van der Waals surface area contributed by atoms with Crippen molar-refractivity contribution < 1.29 is 9.50 Å². The van der Waals surface area contributed by atoms with E-state index in [0.29, 0.717) is 6.42 Å². The summed E-state index contributed by atoms with van der Waals surface area (Å²) in [4.78, 5) is 0. The molecular weight excluding hydrogens is 227 g/mol. The van der Waals surface area contributed by atoms with Crippen LogP contribution in [-0.2, 0) is 12.0 Å². The van der Waals surface area contributed by atoms with Crippen molar-refractivity contribution in [3.8, 4) is 0 Å². The van der Waals surface area contributed by atoms with Crippen LogP contribution in [0.4, 0.5) is 4.39 Å². The largest absolute Gasteiger partial charge is 0.385 e. The molecule has 1 atom stereocenters. The minimum atomic E-state index is -0.927. The molecular formula is C16H17FO. The molecule has 2 aromatic rings. The molecule has 2 heteroatoms. The minimum Gasteiger partial charge on any atom is -0.385 e. The second-order valence-corrected chi connectivity index (χ2v) is 4.77. The van der Waals surface area contributed by atoms with E-state index < -0.39 is 5.60 Å². The predicted octanol–water partition coefficient (Wildman–Crippen LogP) is 3.67. The van der Waals surface area contributed by atoms with E-state index in [1.807, 2.05) is 30.3 Å². The van der Waals surface area contributed by atoms with Crippen molar-refractivity contribution in [2.24, 2.45) is 0 Å². The first-order chi connectivity index (χ1) is 8.58. The molecule has 94 valence electrons. The molecule has 0 bridgehead atoms. The van der Waals surface area contributed by atoms with E-state index >= 15 is 0 Å². The van der Waals surface area contributed by atoms with E-state index in [1.165, 1.54) is 17.7 Å². The quantitative estimate of drug-likeness (QED) is 0.870. The fraction of sp³-hybridized carbons (Fsp3) is 0.250. The van der Waals surface area contributed by atoms with Crippen LogP contribution in [0.15, 0.2) is 54.6 Å². The van der Waals surface area contributed by atoms with Gasteiger partial charge < -0.3 is 5.11 Å². The summed E-state index contributed by atoms with van der Waals surface area (Å²) in [6.45, 7) is 1.77. The van der Waals surface area contributed by atoms with Crippen molar-refractivity contribution in [2.75, 3.05) is 0 Å². The molecule has 2 aromatic carbocycles. The number of halogens is 1. The highest BCUT2D eigenvalue weighted by atomic mass is 19.1. The third-order valence-electron chi connectivity index (χ3n) is 3.21. The van der Waals surface area contributed by atoms with Crippen molar-refractivity contribution in [2.45, 2.75) is 25.4 Å². The number of hydrogen-bond acceptors (Lipinski definition) is 1. The second-order valence-electron chi connectivity index (χ2n) is 4.77. The summed E-state index contributed by atoms with van der Waals surface area (Å²) in [5, 5.41) is 10.4. The Morgan fingerprint density at radius 2 is 1.61 bits per heavy atom. The van der Waals surface area contributed by atoms with Gasteiger partial charge in [-0.3, -0.25) is 0 Å². The summed E-state index contributed by atoms with van der Waals surface area (Å²) >= 11 is 0. The fourth-order valence-electron chi connectivity index (χ4n) is 1.99. The SMILES string of the molecule is CC(O)(CCc1ccccc1)c1ccc(F)cc1. The highest BCUT2D eigenvalue weighted by Crippen LogP contribution is 2.26. The minimum absolute atomic E-state index is 0.280. The van der Waals surface area contributed by atoms with Crippen LogP contribution < -0.4 is 0 Å². The molecule has 0 aliphatic heterocycles. The van der Waals surface area contributed by atoms with Gasteiger partial charge in [0.05, 0.1) is 5.60 Å². The lowest BCUT2D eigenvalue weighted by molar-refractivity contribution is 0.0480. The Bertz CT molecular complexity index is 488.